The monoisotopic (exact) mass is 390 g/mol. The Bertz CT molecular complexity index is 881. The number of thiophene rings is 1. The number of ether oxygens (including phenoxy) is 1. The lowest BCUT2D eigenvalue weighted by Crippen LogP contribution is -2.08. The Morgan fingerprint density at radius 2 is 2.04 bits per heavy atom. The van der Waals surface area contributed by atoms with Gasteiger partial charge in [0.05, 0.1) is 17.7 Å². The van der Waals surface area contributed by atoms with E-state index in [-0.39, 0.29) is 17.5 Å². The Labute approximate surface area is 159 Å². The first-order chi connectivity index (χ1) is 12.7. The number of halogens is 1. The lowest BCUT2D eigenvalue weighted by Gasteiger charge is -2.06. The molecule has 3 aromatic rings. The Balaban J connectivity index is 1.75. The molecule has 136 valence electrons. The standard InChI is InChI=1S/C19H19FN2O2S2/c1-2-3-4-9-24-16(23)11-26-19-17-15(10-25-18(17)21-12-22-19)13-5-7-14(20)8-6-13/h5-8,10,12H,2-4,9,11H2,1H3. The fraction of sp³-hybridized carbons (Fsp3) is 0.316. The van der Waals surface area contributed by atoms with Gasteiger partial charge in [-0.25, -0.2) is 14.4 Å². The van der Waals surface area contributed by atoms with Gasteiger partial charge in [-0.1, -0.05) is 43.7 Å². The van der Waals surface area contributed by atoms with Crippen LogP contribution in [0, 0.1) is 5.82 Å². The number of thioether (sulfide) groups is 1. The van der Waals surface area contributed by atoms with Gasteiger partial charge in [0.1, 0.15) is 22.0 Å². The van der Waals surface area contributed by atoms with E-state index < -0.39 is 0 Å². The summed E-state index contributed by atoms with van der Waals surface area (Å²) in [5.74, 6) is -0.307. The molecule has 0 spiro atoms. The molecule has 0 unspecified atom stereocenters. The van der Waals surface area contributed by atoms with E-state index in [4.69, 9.17) is 4.74 Å². The number of hydrogen-bond acceptors (Lipinski definition) is 6. The Hall–Kier alpha value is -1.99. The lowest BCUT2D eigenvalue weighted by atomic mass is 10.1. The molecule has 2 aromatic heterocycles. The smallest absolute Gasteiger partial charge is 0.316 e. The van der Waals surface area contributed by atoms with Crippen molar-refractivity contribution in [2.75, 3.05) is 12.4 Å². The van der Waals surface area contributed by atoms with Gasteiger partial charge in [0, 0.05) is 10.9 Å². The number of aromatic nitrogens is 2. The maximum absolute atomic E-state index is 13.2. The van der Waals surface area contributed by atoms with Gasteiger partial charge in [-0.05, 0) is 24.1 Å². The van der Waals surface area contributed by atoms with Crippen molar-refractivity contribution in [1.82, 2.24) is 9.97 Å². The molecule has 0 atom stereocenters. The van der Waals surface area contributed by atoms with Crippen molar-refractivity contribution in [3.05, 3.63) is 41.8 Å². The Morgan fingerprint density at radius 1 is 1.23 bits per heavy atom. The Morgan fingerprint density at radius 3 is 2.81 bits per heavy atom. The molecule has 1 aromatic carbocycles. The minimum Gasteiger partial charge on any atom is -0.465 e. The summed E-state index contributed by atoms with van der Waals surface area (Å²) >= 11 is 2.85. The molecule has 0 aliphatic heterocycles. The molecule has 3 rings (SSSR count). The molecule has 26 heavy (non-hydrogen) atoms. The SMILES string of the molecule is CCCCCOC(=O)CSc1ncnc2scc(-c3ccc(F)cc3)c12. The van der Waals surface area contributed by atoms with Crippen LogP contribution in [-0.2, 0) is 9.53 Å². The van der Waals surface area contributed by atoms with E-state index in [9.17, 15) is 9.18 Å². The zero-order chi connectivity index (χ0) is 18.4. The van der Waals surface area contributed by atoms with Crippen molar-refractivity contribution >= 4 is 39.3 Å². The van der Waals surface area contributed by atoms with Crippen molar-refractivity contribution in [2.45, 2.75) is 31.2 Å². The number of carbonyl (C=O) groups is 1. The van der Waals surface area contributed by atoms with Gasteiger partial charge < -0.3 is 4.74 Å². The van der Waals surface area contributed by atoms with Crippen LogP contribution in [-0.4, -0.2) is 28.3 Å². The van der Waals surface area contributed by atoms with Crippen LogP contribution in [0.5, 0.6) is 0 Å². The molecule has 4 nitrogen and oxygen atoms in total. The minimum absolute atomic E-state index is 0.205. The largest absolute Gasteiger partial charge is 0.465 e. The fourth-order valence-corrected chi connectivity index (χ4v) is 4.30. The molecule has 2 heterocycles. The summed E-state index contributed by atoms with van der Waals surface area (Å²) in [5, 5.41) is 3.62. The summed E-state index contributed by atoms with van der Waals surface area (Å²) in [6.07, 6.45) is 4.55. The molecular formula is C19H19FN2O2S2. The van der Waals surface area contributed by atoms with Crippen molar-refractivity contribution in [2.24, 2.45) is 0 Å². The molecular weight excluding hydrogens is 371 g/mol. The lowest BCUT2D eigenvalue weighted by molar-refractivity contribution is -0.140. The minimum atomic E-state index is -0.273. The molecule has 0 aliphatic carbocycles. The van der Waals surface area contributed by atoms with E-state index in [1.165, 1.54) is 41.6 Å². The van der Waals surface area contributed by atoms with E-state index in [0.29, 0.717) is 6.61 Å². The number of unbranched alkanes of at least 4 members (excludes halogenated alkanes) is 2. The molecule has 0 N–H and O–H groups in total. The number of hydrogen-bond donors (Lipinski definition) is 0. The molecule has 0 fully saturated rings. The van der Waals surface area contributed by atoms with Crippen LogP contribution in [0.2, 0.25) is 0 Å². The number of rotatable bonds is 8. The Kier molecular flexibility index (Phi) is 6.57. The van der Waals surface area contributed by atoms with E-state index >= 15 is 0 Å². The summed E-state index contributed by atoms with van der Waals surface area (Å²) in [5.41, 5.74) is 1.85. The van der Waals surface area contributed by atoms with Gasteiger partial charge in [-0.3, -0.25) is 4.79 Å². The molecule has 0 saturated heterocycles. The van der Waals surface area contributed by atoms with E-state index in [0.717, 1.165) is 45.6 Å². The van der Waals surface area contributed by atoms with Crippen LogP contribution in [0.4, 0.5) is 4.39 Å². The van der Waals surface area contributed by atoms with Crippen molar-refractivity contribution in [1.29, 1.82) is 0 Å². The van der Waals surface area contributed by atoms with Gasteiger partial charge in [-0.2, -0.15) is 0 Å². The number of fused-ring (bicyclic) bond motifs is 1. The third kappa shape index (κ3) is 4.59. The zero-order valence-corrected chi connectivity index (χ0v) is 16.0. The van der Waals surface area contributed by atoms with Crippen LogP contribution in [0.1, 0.15) is 26.2 Å². The van der Waals surface area contributed by atoms with Crippen molar-refractivity contribution in [3.63, 3.8) is 0 Å². The second-order valence-corrected chi connectivity index (χ2v) is 7.55. The van der Waals surface area contributed by atoms with E-state index in [2.05, 4.69) is 16.9 Å². The molecule has 0 amide bonds. The third-order valence-corrected chi connectivity index (χ3v) is 5.68. The molecule has 0 aliphatic rings. The average molecular weight is 391 g/mol. The molecule has 0 bridgehead atoms. The predicted molar refractivity (Wildman–Crippen MR) is 104 cm³/mol. The maximum Gasteiger partial charge on any atom is 0.316 e. The highest BCUT2D eigenvalue weighted by Crippen LogP contribution is 2.37. The topological polar surface area (TPSA) is 52.1 Å². The summed E-state index contributed by atoms with van der Waals surface area (Å²) < 4.78 is 18.4. The highest BCUT2D eigenvalue weighted by molar-refractivity contribution is 8.00. The first-order valence-electron chi connectivity index (χ1n) is 8.45. The average Bonchev–Trinajstić information content (AvgIpc) is 3.09. The number of benzene rings is 1. The van der Waals surface area contributed by atoms with E-state index in [1.807, 2.05) is 5.38 Å². The summed E-state index contributed by atoms with van der Waals surface area (Å²) in [4.78, 5) is 21.4. The second kappa shape index (κ2) is 9.09. The predicted octanol–water partition coefficient (Wildman–Crippen LogP) is 5.32. The van der Waals surface area contributed by atoms with Gasteiger partial charge in [0.15, 0.2) is 0 Å². The second-order valence-electron chi connectivity index (χ2n) is 5.73. The highest BCUT2D eigenvalue weighted by Gasteiger charge is 2.15. The molecule has 7 heteroatoms. The third-order valence-electron chi connectivity index (χ3n) is 3.83. The quantitative estimate of drug-likeness (QED) is 0.225. The number of esters is 1. The van der Waals surface area contributed by atoms with Crippen molar-refractivity contribution < 1.29 is 13.9 Å². The fourth-order valence-electron chi connectivity index (χ4n) is 2.51. The summed E-state index contributed by atoms with van der Waals surface area (Å²) in [6.45, 7) is 2.57. The van der Waals surface area contributed by atoms with Crippen LogP contribution < -0.4 is 0 Å². The first-order valence-corrected chi connectivity index (χ1v) is 10.3. The van der Waals surface area contributed by atoms with Crippen LogP contribution in [0.25, 0.3) is 21.3 Å². The van der Waals surface area contributed by atoms with Gasteiger partial charge >= 0.3 is 5.97 Å². The van der Waals surface area contributed by atoms with Crippen LogP contribution >= 0.6 is 23.1 Å². The molecule has 0 saturated carbocycles. The van der Waals surface area contributed by atoms with Crippen LogP contribution in [0.15, 0.2) is 41.0 Å². The first kappa shape index (κ1) is 18.8. The zero-order valence-electron chi connectivity index (χ0n) is 14.4. The van der Waals surface area contributed by atoms with Gasteiger partial charge in [-0.15, -0.1) is 11.3 Å². The van der Waals surface area contributed by atoms with Gasteiger partial charge in [0.25, 0.3) is 0 Å². The number of carbonyl (C=O) groups excluding carboxylic acids is 1. The van der Waals surface area contributed by atoms with Crippen LogP contribution in [0.3, 0.4) is 0 Å². The molecule has 0 radical (unpaired) electrons. The maximum atomic E-state index is 13.2. The normalized spacial score (nSPS) is 11.0. The van der Waals surface area contributed by atoms with Gasteiger partial charge in [0.2, 0.25) is 0 Å². The highest BCUT2D eigenvalue weighted by atomic mass is 32.2. The summed E-state index contributed by atoms with van der Waals surface area (Å²) in [7, 11) is 0. The number of nitrogens with zero attached hydrogens (tertiary/aromatic N) is 2. The summed E-state index contributed by atoms with van der Waals surface area (Å²) in [6, 6.07) is 6.34. The van der Waals surface area contributed by atoms with Crippen molar-refractivity contribution in [3.8, 4) is 11.1 Å². The van der Waals surface area contributed by atoms with E-state index in [1.54, 1.807) is 12.1 Å².